The fourth-order valence-electron chi connectivity index (χ4n) is 0.929. The van der Waals surface area contributed by atoms with E-state index >= 15 is 0 Å². The van der Waals surface area contributed by atoms with E-state index < -0.39 is 0 Å². The molecule has 0 radical (unpaired) electrons. The third-order valence-corrected chi connectivity index (χ3v) is 1.86. The van der Waals surface area contributed by atoms with Crippen LogP contribution in [0.25, 0.3) is 0 Å². The Labute approximate surface area is 102 Å². The van der Waals surface area contributed by atoms with E-state index in [4.69, 9.17) is 12.6 Å². The van der Waals surface area contributed by atoms with Crippen LogP contribution in [0, 0.1) is 0 Å². The van der Waals surface area contributed by atoms with E-state index in [9.17, 15) is 0 Å². The molecule has 0 fully saturated rings. The summed E-state index contributed by atoms with van der Waals surface area (Å²) in [4.78, 5) is 0.968. The second-order valence-corrected chi connectivity index (χ2v) is 3.30. The standard InChI is InChI=1S/C7H8S.C5H5.Fe/c1-6(8)7-4-2-3-5-7;1-2-4-5-3-1;/h2-5,8H,1H3;1-5H;/q;-1;+2/p-1. The van der Waals surface area contributed by atoms with Gasteiger partial charge in [0.1, 0.15) is 0 Å². The molecule has 0 saturated heterocycles. The summed E-state index contributed by atoms with van der Waals surface area (Å²) in [6.07, 6.45) is 8.01. The molecule has 0 N–H and O–H groups in total. The zero-order valence-corrected chi connectivity index (χ0v) is 9.88. The van der Waals surface area contributed by atoms with E-state index in [-0.39, 0.29) is 17.1 Å². The molecule has 74 valence electrons. The average Bonchev–Trinajstić information content (AvgIpc) is 2.82. The second kappa shape index (κ2) is 7.69. The normalized spacial score (nSPS) is 11.6. The topological polar surface area (TPSA) is 0 Å². The fraction of sp³-hybridized carbons (Fsp3) is 0.0833. The van der Waals surface area contributed by atoms with Crippen molar-refractivity contribution in [2.45, 2.75) is 6.92 Å². The molecule has 0 saturated carbocycles. The summed E-state index contributed by atoms with van der Waals surface area (Å²) in [5.41, 5.74) is 1.17. The minimum absolute atomic E-state index is 0. The van der Waals surface area contributed by atoms with Crippen molar-refractivity contribution >= 4 is 12.6 Å². The molecular formula is C12H12FeS. The summed E-state index contributed by atoms with van der Waals surface area (Å²) >= 11 is 4.92. The molecule has 1 aliphatic rings. The van der Waals surface area contributed by atoms with Crippen molar-refractivity contribution in [2.75, 3.05) is 0 Å². The Morgan fingerprint density at radius 1 is 1.14 bits per heavy atom. The van der Waals surface area contributed by atoms with E-state index in [0.717, 1.165) is 4.91 Å². The van der Waals surface area contributed by atoms with Gasteiger partial charge in [0.25, 0.3) is 0 Å². The minimum atomic E-state index is 0. The summed E-state index contributed by atoms with van der Waals surface area (Å²) in [7, 11) is 0. The molecule has 2 heteroatoms. The van der Waals surface area contributed by atoms with Gasteiger partial charge >= 0.3 is 17.1 Å². The van der Waals surface area contributed by atoms with Gasteiger partial charge in [0.2, 0.25) is 0 Å². The predicted molar refractivity (Wildman–Crippen MR) is 60.4 cm³/mol. The van der Waals surface area contributed by atoms with Crippen LogP contribution in [-0.2, 0) is 29.7 Å². The van der Waals surface area contributed by atoms with Crippen molar-refractivity contribution in [3.8, 4) is 0 Å². The van der Waals surface area contributed by atoms with Crippen LogP contribution >= 0.6 is 0 Å². The summed E-state index contributed by atoms with van der Waals surface area (Å²) in [6, 6.07) is 10.0. The van der Waals surface area contributed by atoms with Gasteiger partial charge in [-0.25, -0.2) is 12.1 Å². The Hall–Kier alpha value is -0.691. The second-order valence-electron chi connectivity index (χ2n) is 2.69. The maximum absolute atomic E-state index is 4.92. The average molecular weight is 244 g/mol. The Morgan fingerprint density at radius 3 is 1.86 bits per heavy atom. The summed E-state index contributed by atoms with van der Waals surface area (Å²) < 4.78 is 0. The molecule has 14 heavy (non-hydrogen) atoms. The quantitative estimate of drug-likeness (QED) is 0.383. The van der Waals surface area contributed by atoms with Gasteiger partial charge in [0, 0.05) is 0 Å². The predicted octanol–water partition coefficient (Wildman–Crippen LogP) is 3.34. The van der Waals surface area contributed by atoms with Crippen LogP contribution in [-0.4, -0.2) is 0 Å². The Balaban J connectivity index is 0.000000246. The van der Waals surface area contributed by atoms with Gasteiger partial charge in [-0.1, -0.05) is 31.2 Å². The van der Waals surface area contributed by atoms with E-state index in [1.54, 1.807) is 0 Å². The van der Waals surface area contributed by atoms with Gasteiger partial charge in [-0.2, -0.15) is 23.1 Å². The first kappa shape index (κ1) is 13.3. The van der Waals surface area contributed by atoms with Crippen LogP contribution in [0.4, 0.5) is 0 Å². The van der Waals surface area contributed by atoms with Crippen LogP contribution in [0.1, 0.15) is 6.92 Å². The Bertz CT molecular complexity index is 283. The SMILES string of the molecule is CC([S-])=C1C=CC=C1.[Fe+2].c1cc[cH-]c1. The number of hydrogen-bond donors (Lipinski definition) is 0. The number of hydrogen-bond acceptors (Lipinski definition) is 1. The van der Waals surface area contributed by atoms with Crippen molar-refractivity contribution in [1.82, 2.24) is 0 Å². The molecule has 0 spiro atoms. The molecule has 1 aromatic rings. The van der Waals surface area contributed by atoms with E-state index in [1.807, 2.05) is 61.6 Å². The third kappa shape index (κ3) is 5.13. The molecule has 1 aromatic carbocycles. The first-order valence-corrected chi connectivity index (χ1v) is 4.61. The van der Waals surface area contributed by atoms with Gasteiger partial charge in [-0.05, 0) is 5.57 Å². The van der Waals surface area contributed by atoms with Gasteiger partial charge in [-0.3, -0.25) is 0 Å². The first-order valence-electron chi connectivity index (χ1n) is 4.20. The smallest absolute Gasteiger partial charge is 0.784 e. The molecule has 0 aromatic heterocycles. The molecular weight excluding hydrogens is 232 g/mol. The van der Waals surface area contributed by atoms with Crippen molar-refractivity contribution in [3.05, 3.63) is 65.1 Å². The third-order valence-electron chi connectivity index (χ3n) is 1.62. The summed E-state index contributed by atoms with van der Waals surface area (Å²) in [5.74, 6) is 0. The van der Waals surface area contributed by atoms with Crippen LogP contribution < -0.4 is 0 Å². The van der Waals surface area contributed by atoms with Crippen molar-refractivity contribution < 1.29 is 17.1 Å². The van der Waals surface area contributed by atoms with Crippen molar-refractivity contribution in [3.63, 3.8) is 0 Å². The van der Waals surface area contributed by atoms with Crippen molar-refractivity contribution in [1.29, 1.82) is 0 Å². The molecule has 0 heterocycles. The number of rotatable bonds is 0. The van der Waals surface area contributed by atoms with Gasteiger partial charge < -0.3 is 12.6 Å². The maximum atomic E-state index is 4.92. The van der Waals surface area contributed by atoms with Crippen LogP contribution in [0.3, 0.4) is 0 Å². The molecule has 0 nitrogen and oxygen atoms in total. The van der Waals surface area contributed by atoms with E-state index in [1.165, 1.54) is 5.57 Å². The van der Waals surface area contributed by atoms with Gasteiger partial charge in [0.15, 0.2) is 0 Å². The summed E-state index contributed by atoms with van der Waals surface area (Å²) in [5, 5.41) is 0. The molecule has 0 unspecified atom stereocenters. The Kier molecular flexibility index (Phi) is 7.31. The molecule has 2 rings (SSSR count). The van der Waals surface area contributed by atoms with Crippen LogP contribution in [0.5, 0.6) is 0 Å². The van der Waals surface area contributed by atoms with Crippen LogP contribution in [0.15, 0.2) is 65.1 Å². The largest absolute Gasteiger partial charge is 2.00 e. The van der Waals surface area contributed by atoms with Gasteiger partial charge in [0.05, 0.1) is 0 Å². The van der Waals surface area contributed by atoms with Crippen molar-refractivity contribution in [2.24, 2.45) is 0 Å². The molecule has 1 aliphatic carbocycles. The monoisotopic (exact) mass is 244 g/mol. The zero-order chi connectivity index (χ0) is 9.52. The fourth-order valence-corrected chi connectivity index (χ4v) is 1.07. The Morgan fingerprint density at radius 2 is 1.64 bits per heavy atom. The van der Waals surface area contributed by atoms with Gasteiger partial charge in [-0.15, -0.1) is 0 Å². The molecule has 0 atom stereocenters. The molecule has 0 amide bonds. The van der Waals surface area contributed by atoms with Crippen LogP contribution in [0.2, 0.25) is 0 Å². The first-order chi connectivity index (χ1) is 6.30. The zero-order valence-electron chi connectivity index (χ0n) is 7.96. The van der Waals surface area contributed by atoms with E-state index in [0.29, 0.717) is 0 Å². The minimum Gasteiger partial charge on any atom is -0.784 e. The molecule has 0 aliphatic heterocycles. The summed E-state index contributed by atoms with van der Waals surface area (Å²) in [6.45, 7) is 1.94. The number of allylic oxidation sites excluding steroid dienone is 6. The molecule has 0 bridgehead atoms. The van der Waals surface area contributed by atoms with E-state index in [2.05, 4.69) is 0 Å². The maximum Gasteiger partial charge on any atom is 2.00 e.